The number of amides is 1. The molecule has 0 radical (unpaired) electrons. The minimum absolute atomic E-state index is 0.307. The fourth-order valence-corrected chi connectivity index (χ4v) is 4.76. The molecule has 3 aromatic rings. The Morgan fingerprint density at radius 2 is 1.97 bits per heavy atom. The number of carbonyl (C=O) groups is 1. The van der Waals surface area contributed by atoms with Gasteiger partial charge in [-0.25, -0.2) is 0 Å². The van der Waals surface area contributed by atoms with E-state index in [4.69, 9.17) is 21.1 Å². The number of anilines is 1. The van der Waals surface area contributed by atoms with E-state index in [-0.39, 0.29) is 5.91 Å². The zero-order valence-electron chi connectivity index (χ0n) is 16.5. The molecule has 8 heteroatoms. The molecule has 4 rings (SSSR count). The van der Waals surface area contributed by atoms with E-state index in [9.17, 15) is 4.79 Å². The van der Waals surface area contributed by atoms with Gasteiger partial charge in [-0.15, -0.1) is 11.8 Å². The van der Waals surface area contributed by atoms with Gasteiger partial charge < -0.3 is 14.8 Å². The summed E-state index contributed by atoms with van der Waals surface area (Å²) < 4.78 is 12.4. The van der Waals surface area contributed by atoms with Crippen LogP contribution in [0, 0.1) is 6.92 Å². The normalized spacial score (nSPS) is 12.2. The quantitative estimate of drug-likeness (QED) is 0.637. The Hall–Kier alpha value is -2.64. The number of nitrogens with zero attached hydrogens (tertiary/aromatic N) is 2. The van der Waals surface area contributed by atoms with Gasteiger partial charge in [-0.2, -0.15) is 5.10 Å². The Kier molecular flexibility index (Phi) is 5.19. The Balaban J connectivity index is 1.72. The number of nitrogens with one attached hydrogen (secondary N) is 1. The highest BCUT2D eigenvalue weighted by molar-refractivity contribution is 7.98. The highest BCUT2D eigenvalue weighted by atomic mass is 35.5. The number of carbonyl (C=O) groups excluding carboxylic acids is 1. The van der Waals surface area contributed by atoms with Crippen LogP contribution in [0.25, 0.3) is 11.3 Å². The maximum absolute atomic E-state index is 13.1. The van der Waals surface area contributed by atoms with Gasteiger partial charge in [0.2, 0.25) is 0 Å². The number of benzene rings is 2. The van der Waals surface area contributed by atoms with Gasteiger partial charge in [-0.1, -0.05) is 23.2 Å². The van der Waals surface area contributed by atoms with Gasteiger partial charge in [0.25, 0.3) is 5.91 Å². The Morgan fingerprint density at radius 1 is 1.21 bits per heavy atom. The van der Waals surface area contributed by atoms with Crippen molar-refractivity contribution < 1.29 is 14.3 Å². The molecule has 2 aromatic carbocycles. The number of aryl methyl sites for hydroxylation is 2. The third-order valence-corrected chi connectivity index (χ3v) is 6.24. The Labute approximate surface area is 178 Å². The highest BCUT2D eigenvalue weighted by Gasteiger charge is 2.28. The molecule has 1 aromatic heterocycles. The number of hydrogen-bond acceptors (Lipinski definition) is 5. The van der Waals surface area contributed by atoms with Crippen molar-refractivity contribution >= 4 is 35.0 Å². The standard InChI is InChI=1S/C21H20ClN3O3S/c1-11-5-6-18-12(7-11)20-13(10-29-18)19(24-25(20)2)21(26)23-15-8-14(22)16(27-3)9-17(15)28-4/h5-9H,10H2,1-4H3,(H,23,26). The van der Waals surface area contributed by atoms with E-state index in [0.717, 1.165) is 16.8 Å². The van der Waals surface area contributed by atoms with Crippen LogP contribution in [-0.4, -0.2) is 29.9 Å². The molecule has 0 spiro atoms. The van der Waals surface area contributed by atoms with E-state index in [0.29, 0.717) is 33.7 Å². The first kappa shape index (κ1) is 19.7. The largest absolute Gasteiger partial charge is 0.495 e. The van der Waals surface area contributed by atoms with Crippen LogP contribution < -0.4 is 14.8 Å². The lowest BCUT2D eigenvalue weighted by Crippen LogP contribution is -2.15. The lowest BCUT2D eigenvalue weighted by molar-refractivity contribution is 0.102. The van der Waals surface area contributed by atoms with E-state index in [1.54, 1.807) is 28.6 Å². The van der Waals surface area contributed by atoms with Gasteiger partial charge in [0.15, 0.2) is 5.69 Å². The van der Waals surface area contributed by atoms with Gasteiger partial charge in [0.05, 0.1) is 30.6 Å². The molecule has 150 valence electrons. The van der Waals surface area contributed by atoms with Gasteiger partial charge >= 0.3 is 0 Å². The first-order chi connectivity index (χ1) is 13.9. The summed E-state index contributed by atoms with van der Waals surface area (Å²) in [5.41, 5.74) is 5.04. The zero-order valence-corrected chi connectivity index (χ0v) is 18.1. The monoisotopic (exact) mass is 429 g/mol. The summed E-state index contributed by atoms with van der Waals surface area (Å²) in [4.78, 5) is 14.3. The van der Waals surface area contributed by atoms with Crippen molar-refractivity contribution in [3.05, 3.63) is 52.2 Å². The molecule has 0 saturated heterocycles. The summed E-state index contributed by atoms with van der Waals surface area (Å²) in [5.74, 6) is 1.31. The number of aromatic nitrogens is 2. The first-order valence-electron chi connectivity index (χ1n) is 8.95. The van der Waals surface area contributed by atoms with Gasteiger partial charge in [0, 0.05) is 34.9 Å². The van der Waals surface area contributed by atoms with Gasteiger partial charge in [-0.05, 0) is 25.1 Å². The lowest BCUT2D eigenvalue weighted by atomic mass is 10.0. The molecule has 1 aliphatic heterocycles. The predicted molar refractivity (Wildman–Crippen MR) is 115 cm³/mol. The predicted octanol–water partition coefficient (Wildman–Crippen LogP) is 4.92. The van der Waals surface area contributed by atoms with Crippen molar-refractivity contribution in [1.29, 1.82) is 0 Å². The number of rotatable bonds is 4. The maximum Gasteiger partial charge on any atom is 0.276 e. The second kappa shape index (κ2) is 7.65. The van der Waals surface area contributed by atoms with Crippen molar-refractivity contribution in [2.24, 2.45) is 7.05 Å². The fraction of sp³-hybridized carbons (Fsp3) is 0.238. The molecule has 6 nitrogen and oxygen atoms in total. The molecule has 0 fully saturated rings. The van der Waals surface area contributed by atoms with Crippen LogP contribution in [0.5, 0.6) is 11.5 Å². The van der Waals surface area contributed by atoms with Gasteiger partial charge in [0.1, 0.15) is 11.5 Å². The third-order valence-electron chi connectivity index (χ3n) is 4.84. The van der Waals surface area contributed by atoms with E-state index in [1.807, 2.05) is 7.05 Å². The molecule has 29 heavy (non-hydrogen) atoms. The van der Waals surface area contributed by atoms with Crippen LogP contribution in [0.2, 0.25) is 5.02 Å². The summed E-state index contributed by atoms with van der Waals surface area (Å²) in [6.07, 6.45) is 0. The minimum atomic E-state index is -0.307. The average Bonchev–Trinajstić information content (AvgIpc) is 3.05. The number of methoxy groups -OCH3 is 2. The van der Waals surface area contributed by atoms with E-state index < -0.39 is 0 Å². The van der Waals surface area contributed by atoms with Crippen LogP contribution in [-0.2, 0) is 12.8 Å². The Morgan fingerprint density at radius 3 is 2.69 bits per heavy atom. The van der Waals surface area contributed by atoms with Crippen LogP contribution in [0.15, 0.2) is 35.2 Å². The second-order valence-electron chi connectivity index (χ2n) is 6.73. The van der Waals surface area contributed by atoms with Crippen molar-refractivity contribution in [3.63, 3.8) is 0 Å². The summed E-state index contributed by atoms with van der Waals surface area (Å²) in [6, 6.07) is 9.60. The van der Waals surface area contributed by atoms with Crippen LogP contribution >= 0.6 is 23.4 Å². The molecule has 1 N–H and O–H groups in total. The average molecular weight is 430 g/mol. The molecule has 1 amide bonds. The topological polar surface area (TPSA) is 65.4 Å². The molecule has 0 bridgehead atoms. The summed E-state index contributed by atoms with van der Waals surface area (Å²) in [5, 5.41) is 7.78. The van der Waals surface area contributed by atoms with Gasteiger partial charge in [-0.3, -0.25) is 9.48 Å². The van der Waals surface area contributed by atoms with Crippen LogP contribution in [0.3, 0.4) is 0 Å². The number of hydrogen-bond donors (Lipinski definition) is 1. The third kappa shape index (κ3) is 3.45. The zero-order chi connectivity index (χ0) is 20.7. The summed E-state index contributed by atoms with van der Waals surface area (Å²) in [7, 11) is 4.91. The molecule has 0 aliphatic carbocycles. The molecule has 2 heterocycles. The van der Waals surface area contributed by atoms with Crippen molar-refractivity contribution in [3.8, 4) is 22.8 Å². The van der Waals surface area contributed by atoms with E-state index in [1.165, 1.54) is 24.7 Å². The van der Waals surface area contributed by atoms with Crippen LogP contribution in [0.4, 0.5) is 5.69 Å². The fourth-order valence-electron chi connectivity index (χ4n) is 3.47. The summed E-state index contributed by atoms with van der Waals surface area (Å²) >= 11 is 7.93. The smallest absolute Gasteiger partial charge is 0.276 e. The molecule has 0 saturated carbocycles. The van der Waals surface area contributed by atoms with E-state index in [2.05, 4.69) is 35.5 Å². The SMILES string of the molecule is COc1cc(OC)c(NC(=O)c2nn(C)c3c2CSc2ccc(C)cc2-3)cc1Cl. The lowest BCUT2D eigenvalue weighted by Gasteiger charge is -2.18. The van der Waals surface area contributed by atoms with E-state index >= 15 is 0 Å². The molecule has 0 atom stereocenters. The molecule has 1 aliphatic rings. The minimum Gasteiger partial charge on any atom is -0.495 e. The maximum atomic E-state index is 13.1. The number of halogens is 1. The van der Waals surface area contributed by atoms with Crippen molar-refractivity contribution in [2.45, 2.75) is 17.6 Å². The number of ether oxygens (including phenoxy) is 2. The van der Waals surface area contributed by atoms with Crippen molar-refractivity contribution in [2.75, 3.05) is 19.5 Å². The molecular formula is C21H20ClN3O3S. The molecular weight excluding hydrogens is 410 g/mol. The number of fused-ring (bicyclic) bond motifs is 3. The Bertz CT molecular complexity index is 1130. The molecule has 0 unspecified atom stereocenters. The van der Waals surface area contributed by atoms with Crippen LogP contribution in [0.1, 0.15) is 21.6 Å². The summed E-state index contributed by atoms with van der Waals surface area (Å²) in [6.45, 7) is 2.06. The van der Waals surface area contributed by atoms with Crippen molar-refractivity contribution in [1.82, 2.24) is 9.78 Å². The highest BCUT2D eigenvalue weighted by Crippen LogP contribution is 2.43. The number of thioether (sulfide) groups is 1. The first-order valence-corrected chi connectivity index (χ1v) is 10.3. The second-order valence-corrected chi connectivity index (χ2v) is 8.15.